The van der Waals surface area contributed by atoms with E-state index in [1.807, 2.05) is 0 Å². The van der Waals surface area contributed by atoms with Crippen LogP contribution in [0, 0.1) is 11.6 Å². The van der Waals surface area contributed by atoms with Crippen LogP contribution in [0.15, 0.2) is 60.8 Å². The van der Waals surface area contributed by atoms with Gasteiger partial charge in [0.1, 0.15) is 11.6 Å². The van der Waals surface area contributed by atoms with Crippen molar-refractivity contribution in [2.45, 2.75) is 13.3 Å². The van der Waals surface area contributed by atoms with Gasteiger partial charge in [-0.1, -0.05) is 18.5 Å². The molecule has 0 fully saturated rings. The molecule has 1 heterocycles. The van der Waals surface area contributed by atoms with Crippen LogP contribution < -0.4 is 4.72 Å². The zero-order valence-corrected chi connectivity index (χ0v) is 19.4. The zero-order valence-electron chi connectivity index (χ0n) is 17.8. The molecule has 0 aliphatic carbocycles. The van der Waals surface area contributed by atoms with Gasteiger partial charge in [0.15, 0.2) is 5.78 Å². The number of anilines is 1. The lowest BCUT2D eigenvalue weighted by Gasteiger charge is -2.13. The molecule has 0 saturated heterocycles. The van der Waals surface area contributed by atoms with Gasteiger partial charge in [0.2, 0.25) is 10.0 Å². The molecule has 0 amide bonds. The van der Waals surface area contributed by atoms with E-state index in [0.717, 1.165) is 6.07 Å². The first-order valence-electron chi connectivity index (χ1n) is 10.2. The van der Waals surface area contributed by atoms with E-state index in [4.69, 9.17) is 11.6 Å². The van der Waals surface area contributed by atoms with Gasteiger partial charge in [0.05, 0.1) is 45.0 Å². The van der Waals surface area contributed by atoms with Crippen molar-refractivity contribution >= 4 is 44.1 Å². The normalized spacial score (nSPS) is 11.5. The molecule has 0 radical (unpaired) electrons. The van der Waals surface area contributed by atoms with Crippen molar-refractivity contribution in [2.75, 3.05) is 10.5 Å². The third-order valence-electron chi connectivity index (χ3n) is 5.00. The maximum atomic E-state index is 14.6. The Morgan fingerprint density at radius 1 is 1.03 bits per heavy atom. The number of nitrogens with one attached hydrogen (secondary N) is 1. The number of fused-ring (bicyclic) bond motifs is 1. The summed E-state index contributed by atoms with van der Waals surface area (Å²) in [4.78, 5) is 22.0. The Morgan fingerprint density at radius 3 is 2.47 bits per heavy atom. The van der Waals surface area contributed by atoms with E-state index in [0.29, 0.717) is 28.7 Å². The summed E-state index contributed by atoms with van der Waals surface area (Å²) >= 11 is 6.25. The van der Waals surface area contributed by atoms with E-state index in [1.54, 1.807) is 25.1 Å². The second-order valence-corrected chi connectivity index (χ2v) is 9.72. The summed E-state index contributed by atoms with van der Waals surface area (Å²) in [5.41, 5.74) is 1.51. The van der Waals surface area contributed by atoms with Crippen LogP contribution in [0.2, 0.25) is 5.02 Å². The van der Waals surface area contributed by atoms with Crippen molar-refractivity contribution in [3.05, 3.63) is 88.6 Å². The van der Waals surface area contributed by atoms with Crippen molar-refractivity contribution in [3.63, 3.8) is 0 Å². The summed E-state index contributed by atoms with van der Waals surface area (Å²) in [5.74, 6) is -2.16. The van der Waals surface area contributed by atoms with Crippen molar-refractivity contribution in [2.24, 2.45) is 0 Å². The van der Waals surface area contributed by atoms with Crippen LogP contribution in [0.4, 0.5) is 14.5 Å². The van der Waals surface area contributed by atoms with E-state index < -0.39 is 27.2 Å². The van der Waals surface area contributed by atoms with Gasteiger partial charge in [0.25, 0.3) is 0 Å². The zero-order chi connectivity index (χ0) is 24.5. The molecule has 174 valence electrons. The Hall–Kier alpha value is -3.43. The summed E-state index contributed by atoms with van der Waals surface area (Å²) in [6, 6.07) is 12.3. The highest BCUT2D eigenvalue weighted by Crippen LogP contribution is 2.31. The molecule has 0 saturated carbocycles. The lowest BCUT2D eigenvalue weighted by atomic mass is 10.0. The van der Waals surface area contributed by atoms with Gasteiger partial charge in [0, 0.05) is 11.1 Å². The summed E-state index contributed by atoms with van der Waals surface area (Å²) in [6.45, 7) is 1.70. The molecule has 0 unspecified atom stereocenters. The molecule has 4 rings (SSSR count). The standard InChI is InChI=1S/C24H18ClF2N3O3S/c1-2-11-34(32,33)30-19-10-8-17(27)22(23(19)25)24(31)15-5-9-18-20(12-15)29-21(13-28-18)14-3-6-16(26)7-4-14/h3-10,12-13,30H,2,11H2,1H3. The van der Waals surface area contributed by atoms with Gasteiger partial charge in [-0.3, -0.25) is 14.5 Å². The van der Waals surface area contributed by atoms with E-state index >= 15 is 0 Å². The molecule has 1 aromatic heterocycles. The lowest BCUT2D eigenvalue weighted by molar-refractivity contribution is 0.103. The lowest BCUT2D eigenvalue weighted by Crippen LogP contribution is -2.17. The Balaban J connectivity index is 1.73. The minimum absolute atomic E-state index is 0.0842. The van der Waals surface area contributed by atoms with Gasteiger partial charge < -0.3 is 0 Å². The number of carbonyl (C=O) groups excluding carboxylic acids is 1. The molecule has 0 bridgehead atoms. The predicted molar refractivity (Wildman–Crippen MR) is 127 cm³/mol. The largest absolute Gasteiger partial charge is 0.288 e. The fraction of sp³-hybridized carbons (Fsp3) is 0.125. The first-order chi connectivity index (χ1) is 16.2. The molecule has 0 atom stereocenters. The Morgan fingerprint density at radius 2 is 1.76 bits per heavy atom. The summed E-state index contributed by atoms with van der Waals surface area (Å²) < 4.78 is 54.4. The van der Waals surface area contributed by atoms with Crippen molar-refractivity contribution < 1.29 is 22.0 Å². The molecule has 1 N–H and O–H groups in total. The van der Waals surface area contributed by atoms with Crippen LogP contribution in [0.3, 0.4) is 0 Å². The third kappa shape index (κ3) is 4.90. The predicted octanol–water partition coefficient (Wildman–Crippen LogP) is 5.61. The fourth-order valence-corrected chi connectivity index (χ4v) is 4.87. The van der Waals surface area contributed by atoms with E-state index in [1.165, 1.54) is 36.5 Å². The van der Waals surface area contributed by atoms with Crippen LogP contribution >= 0.6 is 11.6 Å². The minimum atomic E-state index is -3.70. The van der Waals surface area contributed by atoms with E-state index in [2.05, 4.69) is 14.7 Å². The number of sulfonamides is 1. The number of hydrogen-bond donors (Lipinski definition) is 1. The van der Waals surface area contributed by atoms with Crippen molar-refractivity contribution in [1.29, 1.82) is 0 Å². The molecule has 0 aliphatic heterocycles. The van der Waals surface area contributed by atoms with Gasteiger partial charge in [-0.05, 0) is 61.0 Å². The highest BCUT2D eigenvalue weighted by molar-refractivity contribution is 7.92. The number of nitrogens with zero attached hydrogens (tertiary/aromatic N) is 2. The second kappa shape index (κ2) is 9.44. The molecule has 6 nitrogen and oxygen atoms in total. The molecule has 0 aliphatic rings. The first kappa shape index (κ1) is 23.7. The number of benzene rings is 3. The summed E-state index contributed by atoms with van der Waals surface area (Å²) in [5, 5.41) is -0.337. The topological polar surface area (TPSA) is 89.0 Å². The highest BCUT2D eigenvalue weighted by Gasteiger charge is 2.23. The number of carbonyl (C=O) groups is 1. The number of hydrogen-bond acceptors (Lipinski definition) is 5. The van der Waals surface area contributed by atoms with Gasteiger partial charge in [-0.25, -0.2) is 22.2 Å². The Bertz CT molecular complexity index is 1510. The first-order valence-corrected chi connectivity index (χ1v) is 12.3. The minimum Gasteiger partial charge on any atom is -0.288 e. The number of ketones is 1. The molecular formula is C24H18ClF2N3O3S. The van der Waals surface area contributed by atoms with Gasteiger partial charge in [-0.2, -0.15) is 0 Å². The van der Waals surface area contributed by atoms with Crippen LogP contribution in [0.1, 0.15) is 29.3 Å². The smallest absolute Gasteiger partial charge is 0.232 e. The van der Waals surface area contributed by atoms with Gasteiger partial charge >= 0.3 is 0 Å². The fourth-order valence-electron chi connectivity index (χ4n) is 3.38. The molecule has 4 aromatic rings. The quantitative estimate of drug-likeness (QED) is 0.332. The van der Waals surface area contributed by atoms with Crippen LogP contribution in [0.5, 0.6) is 0 Å². The summed E-state index contributed by atoms with van der Waals surface area (Å²) in [7, 11) is -3.70. The Labute approximate surface area is 199 Å². The van der Waals surface area contributed by atoms with Crippen LogP contribution in [-0.2, 0) is 10.0 Å². The monoisotopic (exact) mass is 501 g/mol. The van der Waals surface area contributed by atoms with Crippen LogP contribution in [-0.4, -0.2) is 29.9 Å². The molecule has 34 heavy (non-hydrogen) atoms. The maximum Gasteiger partial charge on any atom is 0.232 e. The average Bonchev–Trinajstić information content (AvgIpc) is 2.80. The second-order valence-electron chi connectivity index (χ2n) is 7.50. The molecular weight excluding hydrogens is 484 g/mol. The van der Waals surface area contributed by atoms with Crippen LogP contribution in [0.25, 0.3) is 22.3 Å². The molecule has 0 spiro atoms. The van der Waals surface area contributed by atoms with Crippen molar-refractivity contribution in [1.82, 2.24) is 9.97 Å². The van der Waals surface area contributed by atoms with Crippen molar-refractivity contribution in [3.8, 4) is 11.3 Å². The summed E-state index contributed by atoms with van der Waals surface area (Å²) in [6.07, 6.45) is 1.90. The highest BCUT2D eigenvalue weighted by atomic mass is 35.5. The third-order valence-corrected chi connectivity index (χ3v) is 6.87. The molecule has 3 aromatic carbocycles. The van der Waals surface area contributed by atoms with E-state index in [9.17, 15) is 22.0 Å². The molecule has 10 heteroatoms. The number of halogens is 3. The number of aromatic nitrogens is 2. The number of rotatable bonds is 7. The van der Waals surface area contributed by atoms with E-state index in [-0.39, 0.29) is 27.8 Å². The SMILES string of the molecule is CCCS(=O)(=O)Nc1ccc(F)c(C(=O)c2ccc3ncc(-c4ccc(F)cc4)nc3c2)c1Cl. The maximum absolute atomic E-state index is 14.6. The van der Waals surface area contributed by atoms with Gasteiger partial charge in [-0.15, -0.1) is 0 Å². The average molecular weight is 502 g/mol. The Kier molecular flexibility index (Phi) is 6.58.